The SMILES string of the molecule is O=C(O)c1nnc(NC2CCSC2)c2cc(-c3cccc(F)c3)sc12. The summed E-state index contributed by atoms with van der Waals surface area (Å²) in [6.45, 7) is 0. The van der Waals surface area contributed by atoms with Gasteiger partial charge in [-0.3, -0.25) is 0 Å². The lowest BCUT2D eigenvalue weighted by Crippen LogP contribution is -2.19. The number of hydrogen-bond acceptors (Lipinski definition) is 6. The van der Waals surface area contributed by atoms with Gasteiger partial charge in [0.2, 0.25) is 0 Å². The van der Waals surface area contributed by atoms with Gasteiger partial charge in [0.25, 0.3) is 0 Å². The number of thiophene rings is 1. The molecule has 1 aliphatic heterocycles. The highest BCUT2D eigenvalue weighted by Gasteiger charge is 2.22. The van der Waals surface area contributed by atoms with Crippen LogP contribution in [-0.4, -0.2) is 38.8 Å². The van der Waals surface area contributed by atoms with Crippen LogP contribution in [0.1, 0.15) is 16.9 Å². The number of carbonyl (C=O) groups is 1. The zero-order chi connectivity index (χ0) is 17.4. The molecular weight excluding hydrogens is 361 g/mol. The molecule has 1 fully saturated rings. The predicted molar refractivity (Wildman–Crippen MR) is 99.1 cm³/mol. The van der Waals surface area contributed by atoms with Gasteiger partial charge < -0.3 is 10.4 Å². The maximum Gasteiger partial charge on any atom is 0.357 e. The molecule has 0 radical (unpaired) electrons. The van der Waals surface area contributed by atoms with Crippen LogP contribution in [0.2, 0.25) is 0 Å². The van der Waals surface area contributed by atoms with Crippen molar-refractivity contribution in [1.29, 1.82) is 0 Å². The number of hydrogen-bond donors (Lipinski definition) is 2. The first-order valence-electron chi connectivity index (χ1n) is 7.75. The summed E-state index contributed by atoms with van der Waals surface area (Å²) in [6.07, 6.45) is 1.04. The normalized spacial score (nSPS) is 17.1. The maximum atomic E-state index is 13.5. The van der Waals surface area contributed by atoms with E-state index in [1.807, 2.05) is 17.8 Å². The molecule has 1 atom stereocenters. The molecule has 1 aliphatic rings. The second-order valence-corrected chi connectivity index (χ2v) is 7.97. The minimum Gasteiger partial charge on any atom is -0.476 e. The molecule has 0 bridgehead atoms. The largest absolute Gasteiger partial charge is 0.476 e. The smallest absolute Gasteiger partial charge is 0.357 e. The summed E-state index contributed by atoms with van der Waals surface area (Å²) < 4.78 is 14.1. The number of anilines is 1. The van der Waals surface area contributed by atoms with E-state index in [4.69, 9.17) is 0 Å². The van der Waals surface area contributed by atoms with Crippen LogP contribution >= 0.6 is 23.1 Å². The molecule has 0 spiro atoms. The van der Waals surface area contributed by atoms with Crippen molar-refractivity contribution in [2.75, 3.05) is 16.8 Å². The first-order valence-corrected chi connectivity index (χ1v) is 9.72. The fraction of sp³-hybridized carbons (Fsp3) is 0.235. The molecule has 2 aromatic heterocycles. The van der Waals surface area contributed by atoms with Gasteiger partial charge in [0.1, 0.15) is 5.82 Å². The van der Waals surface area contributed by atoms with Crippen molar-refractivity contribution in [3.05, 3.63) is 41.8 Å². The number of nitrogens with one attached hydrogen (secondary N) is 1. The van der Waals surface area contributed by atoms with E-state index in [-0.39, 0.29) is 11.5 Å². The third kappa shape index (κ3) is 3.19. The number of carboxylic acids is 1. The van der Waals surface area contributed by atoms with Gasteiger partial charge in [-0.05, 0) is 35.9 Å². The Kier molecular flexibility index (Phi) is 4.30. The Morgan fingerprint density at radius 3 is 2.92 bits per heavy atom. The van der Waals surface area contributed by atoms with Crippen LogP contribution in [0.15, 0.2) is 30.3 Å². The number of nitrogens with zero attached hydrogens (tertiary/aromatic N) is 2. The van der Waals surface area contributed by atoms with Gasteiger partial charge in [-0.1, -0.05) is 12.1 Å². The van der Waals surface area contributed by atoms with E-state index >= 15 is 0 Å². The van der Waals surface area contributed by atoms with E-state index in [1.165, 1.54) is 23.5 Å². The van der Waals surface area contributed by atoms with Crippen LogP contribution in [0, 0.1) is 5.82 Å². The van der Waals surface area contributed by atoms with Crippen molar-refractivity contribution in [1.82, 2.24) is 10.2 Å². The Bertz CT molecular complexity index is 954. The summed E-state index contributed by atoms with van der Waals surface area (Å²) >= 11 is 3.17. The molecule has 5 nitrogen and oxygen atoms in total. The summed E-state index contributed by atoms with van der Waals surface area (Å²) in [5, 5.41) is 21.5. The number of thioether (sulfide) groups is 1. The summed E-state index contributed by atoms with van der Waals surface area (Å²) in [5.74, 6) is 1.23. The second kappa shape index (κ2) is 6.61. The number of halogens is 1. The van der Waals surface area contributed by atoms with Gasteiger partial charge in [0.15, 0.2) is 11.5 Å². The van der Waals surface area contributed by atoms with Crippen LogP contribution in [0.5, 0.6) is 0 Å². The molecule has 8 heteroatoms. The van der Waals surface area contributed by atoms with E-state index < -0.39 is 5.97 Å². The highest BCUT2D eigenvalue weighted by atomic mass is 32.2. The molecule has 25 heavy (non-hydrogen) atoms. The number of aromatic nitrogens is 2. The minimum atomic E-state index is -1.12. The summed E-state index contributed by atoms with van der Waals surface area (Å²) in [4.78, 5) is 12.3. The molecule has 3 heterocycles. The zero-order valence-corrected chi connectivity index (χ0v) is 14.7. The average Bonchev–Trinajstić information content (AvgIpc) is 3.24. The molecular formula is C17H14FN3O2S2. The van der Waals surface area contributed by atoms with E-state index in [0.29, 0.717) is 27.5 Å². The predicted octanol–water partition coefficient (Wildman–Crippen LogP) is 4.11. The topological polar surface area (TPSA) is 75.1 Å². The van der Waals surface area contributed by atoms with Gasteiger partial charge in [-0.25, -0.2) is 9.18 Å². The van der Waals surface area contributed by atoms with Crippen molar-refractivity contribution in [3.8, 4) is 10.4 Å². The van der Waals surface area contributed by atoms with Crippen molar-refractivity contribution in [3.63, 3.8) is 0 Å². The van der Waals surface area contributed by atoms with Crippen LogP contribution in [-0.2, 0) is 0 Å². The first-order chi connectivity index (χ1) is 12.1. The molecule has 1 aromatic carbocycles. The lowest BCUT2D eigenvalue weighted by molar-refractivity contribution is 0.0692. The van der Waals surface area contributed by atoms with Gasteiger partial charge in [0.05, 0.1) is 4.70 Å². The van der Waals surface area contributed by atoms with E-state index in [0.717, 1.165) is 22.8 Å². The van der Waals surface area contributed by atoms with Crippen LogP contribution in [0.4, 0.5) is 10.2 Å². The number of carboxylic acid groups (broad SMARTS) is 1. The average molecular weight is 375 g/mol. The van der Waals surface area contributed by atoms with E-state index in [1.54, 1.807) is 12.1 Å². The summed E-state index contributed by atoms with van der Waals surface area (Å²) in [7, 11) is 0. The molecule has 0 aliphatic carbocycles. The Balaban J connectivity index is 1.84. The molecule has 4 rings (SSSR count). The highest BCUT2D eigenvalue weighted by Crippen LogP contribution is 2.38. The van der Waals surface area contributed by atoms with Crippen molar-refractivity contribution in [2.45, 2.75) is 12.5 Å². The quantitative estimate of drug-likeness (QED) is 0.715. The molecule has 1 unspecified atom stereocenters. The number of fused-ring (bicyclic) bond motifs is 1. The number of aromatic carboxylic acids is 1. The minimum absolute atomic E-state index is 0.0750. The lowest BCUT2D eigenvalue weighted by Gasteiger charge is -2.12. The van der Waals surface area contributed by atoms with Crippen molar-refractivity contribution in [2.24, 2.45) is 0 Å². The fourth-order valence-electron chi connectivity index (χ4n) is 2.81. The van der Waals surface area contributed by atoms with E-state index in [9.17, 15) is 14.3 Å². The molecule has 128 valence electrons. The highest BCUT2D eigenvalue weighted by molar-refractivity contribution is 7.99. The molecule has 0 saturated carbocycles. The van der Waals surface area contributed by atoms with Gasteiger partial charge >= 0.3 is 5.97 Å². The van der Waals surface area contributed by atoms with Crippen LogP contribution < -0.4 is 5.32 Å². The third-order valence-corrected chi connectivity index (χ3v) is 6.39. The van der Waals surface area contributed by atoms with Crippen LogP contribution in [0.25, 0.3) is 20.5 Å². The van der Waals surface area contributed by atoms with Gasteiger partial charge in [-0.15, -0.1) is 21.5 Å². The standard InChI is InChI=1S/C17H14FN3O2S2/c18-10-3-1-2-9(6-10)13-7-12-15(25-13)14(17(22)23)20-21-16(12)19-11-4-5-24-8-11/h1-3,6-7,11H,4-5,8H2,(H,19,21)(H,22,23). The zero-order valence-electron chi connectivity index (χ0n) is 13.0. The molecule has 0 amide bonds. The van der Waals surface area contributed by atoms with Crippen molar-refractivity contribution >= 4 is 45.0 Å². The third-order valence-electron chi connectivity index (χ3n) is 4.03. The molecule has 3 aromatic rings. The first kappa shape index (κ1) is 16.3. The monoisotopic (exact) mass is 375 g/mol. The van der Waals surface area contributed by atoms with Gasteiger partial charge in [-0.2, -0.15) is 11.8 Å². The maximum absolute atomic E-state index is 13.5. The number of rotatable bonds is 4. The van der Waals surface area contributed by atoms with E-state index in [2.05, 4.69) is 15.5 Å². The Morgan fingerprint density at radius 2 is 2.20 bits per heavy atom. The molecule has 2 N–H and O–H groups in total. The van der Waals surface area contributed by atoms with Crippen LogP contribution in [0.3, 0.4) is 0 Å². The fourth-order valence-corrected chi connectivity index (χ4v) is 5.10. The second-order valence-electron chi connectivity index (χ2n) is 5.77. The Labute approximate surface area is 151 Å². The van der Waals surface area contributed by atoms with Crippen molar-refractivity contribution < 1.29 is 14.3 Å². The Morgan fingerprint density at radius 1 is 1.32 bits per heavy atom. The lowest BCUT2D eigenvalue weighted by atomic mass is 10.1. The molecule has 1 saturated heterocycles. The van der Waals surface area contributed by atoms with Gasteiger partial charge in [0, 0.05) is 22.1 Å². The Hall–Kier alpha value is -2.19. The number of benzene rings is 1. The summed E-state index contributed by atoms with van der Waals surface area (Å²) in [6, 6.07) is 8.42. The summed E-state index contributed by atoms with van der Waals surface area (Å²) in [5.41, 5.74) is 0.633.